The summed E-state index contributed by atoms with van der Waals surface area (Å²) < 4.78 is 1.84. The van der Waals surface area contributed by atoms with Crippen LogP contribution in [0.5, 0.6) is 0 Å². The monoisotopic (exact) mass is 447 g/mol. The van der Waals surface area contributed by atoms with Crippen LogP contribution in [0.25, 0.3) is 22.3 Å². The van der Waals surface area contributed by atoms with Crippen LogP contribution < -0.4 is 5.32 Å². The number of rotatable bonds is 6. The van der Waals surface area contributed by atoms with Crippen molar-refractivity contribution in [1.82, 2.24) is 25.0 Å². The molecular weight excluding hydrogens is 414 g/mol. The number of hydrogen-bond donors (Lipinski definition) is 1. The first-order valence-corrected chi connectivity index (χ1v) is 11.9. The van der Waals surface area contributed by atoms with Gasteiger partial charge < -0.3 is 10.2 Å². The number of nitrogens with one attached hydrogen (secondary N) is 1. The van der Waals surface area contributed by atoms with Crippen LogP contribution in [-0.2, 0) is 4.79 Å². The first-order chi connectivity index (χ1) is 15.8. The molecule has 33 heavy (non-hydrogen) atoms. The fourth-order valence-corrected chi connectivity index (χ4v) is 4.53. The Labute approximate surface area is 195 Å². The number of benzene rings is 1. The van der Waals surface area contributed by atoms with Gasteiger partial charge in [0.05, 0.1) is 22.8 Å². The topological polar surface area (TPSA) is 80.1 Å². The van der Waals surface area contributed by atoms with Crippen molar-refractivity contribution in [3.63, 3.8) is 0 Å². The summed E-state index contributed by atoms with van der Waals surface area (Å²) in [6.45, 7) is 10.2. The van der Waals surface area contributed by atoms with E-state index in [0.29, 0.717) is 30.1 Å². The molecule has 0 aliphatic carbocycles. The van der Waals surface area contributed by atoms with Crippen LogP contribution in [0.2, 0.25) is 0 Å². The van der Waals surface area contributed by atoms with Gasteiger partial charge in [0.15, 0.2) is 5.65 Å². The van der Waals surface area contributed by atoms with E-state index in [9.17, 15) is 9.59 Å². The lowest BCUT2D eigenvalue weighted by Crippen LogP contribution is -2.40. The number of amides is 2. The molecule has 2 aromatic heterocycles. The fourth-order valence-electron chi connectivity index (χ4n) is 4.53. The van der Waals surface area contributed by atoms with Crippen molar-refractivity contribution in [3.05, 3.63) is 47.7 Å². The fraction of sp³-hybridized carbons (Fsp3) is 0.462. The Kier molecular flexibility index (Phi) is 6.77. The summed E-state index contributed by atoms with van der Waals surface area (Å²) in [6, 6.07) is 9.96. The van der Waals surface area contributed by atoms with E-state index in [4.69, 9.17) is 4.98 Å². The van der Waals surface area contributed by atoms with Gasteiger partial charge in [0.25, 0.3) is 5.91 Å². The molecule has 1 aliphatic rings. The Hall–Kier alpha value is -3.22. The molecule has 2 amide bonds. The Bertz CT molecular complexity index is 1170. The lowest BCUT2D eigenvalue weighted by Gasteiger charge is -2.31. The van der Waals surface area contributed by atoms with Gasteiger partial charge in [0, 0.05) is 37.7 Å². The summed E-state index contributed by atoms with van der Waals surface area (Å²) in [5, 5.41) is 8.16. The zero-order chi connectivity index (χ0) is 23.5. The average Bonchev–Trinajstić information content (AvgIpc) is 3.23. The number of nitrogens with zero attached hydrogens (tertiary/aromatic N) is 4. The number of fused-ring (bicyclic) bond motifs is 1. The highest BCUT2D eigenvalue weighted by Gasteiger charge is 2.22. The molecular formula is C26H33N5O2. The number of carbonyl (C=O) groups excluding carboxylic acids is 2. The van der Waals surface area contributed by atoms with Gasteiger partial charge in [-0.25, -0.2) is 9.67 Å². The number of aromatic nitrogens is 3. The van der Waals surface area contributed by atoms with Gasteiger partial charge in [-0.3, -0.25) is 9.59 Å². The highest BCUT2D eigenvalue weighted by atomic mass is 16.2. The molecule has 1 N–H and O–H groups in total. The van der Waals surface area contributed by atoms with E-state index in [-0.39, 0.29) is 17.9 Å². The summed E-state index contributed by atoms with van der Waals surface area (Å²) in [5.74, 6) is 0.440. The van der Waals surface area contributed by atoms with Crippen LogP contribution in [0.1, 0.15) is 62.0 Å². The second-order valence-electron chi connectivity index (χ2n) is 9.38. The van der Waals surface area contributed by atoms with Crippen molar-refractivity contribution >= 4 is 22.8 Å². The molecule has 0 spiro atoms. The minimum Gasteiger partial charge on any atom is -0.351 e. The predicted octanol–water partition coefficient (Wildman–Crippen LogP) is 4.37. The molecule has 1 saturated heterocycles. The Morgan fingerprint density at radius 2 is 2.03 bits per heavy atom. The van der Waals surface area contributed by atoms with Gasteiger partial charge in [-0.05, 0) is 51.2 Å². The summed E-state index contributed by atoms with van der Waals surface area (Å²) in [4.78, 5) is 32.6. The minimum absolute atomic E-state index is 0.106. The molecule has 1 fully saturated rings. The lowest BCUT2D eigenvalue weighted by molar-refractivity contribution is -0.132. The van der Waals surface area contributed by atoms with E-state index in [1.165, 1.54) is 6.42 Å². The second-order valence-corrected chi connectivity index (χ2v) is 9.38. The third-order valence-electron chi connectivity index (χ3n) is 6.36. The van der Waals surface area contributed by atoms with Crippen LogP contribution in [0.3, 0.4) is 0 Å². The van der Waals surface area contributed by atoms with Crippen molar-refractivity contribution < 1.29 is 9.59 Å². The first kappa shape index (κ1) is 23.0. The summed E-state index contributed by atoms with van der Waals surface area (Å²) in [6.07, 6.45) is 4.24. The zero-order valence-corrected chi connectivity index (χ0v) is 20.0. The number of hydrogen-bond acceptors (Lipinski definition) is 4. The standard InChI is InChI=1S/C26H33N5O2/c1-17(2)31-25-22(15-28-31)21(14-23(29-25)20-10-6-5-9-19(20)4)26(33)27-12-11-24(32)30-13-7-8-18(3)16-30/h5-6,9-10,14-15,17-18H,7-8,11-13,16H2,1-4H3,(H,27,33). The Balaban J connectivity index is 1.57. The van der Waals surface area contributed by atoms with Crippen molar-refractivity contribution in [2.45, 2.75) is 53.0 Å². The molecule has 3 heterocycles. The van der Waals surface area contributed by atoms with Crippen molar-refractivity contribution in [3.8, 4) is 11.3 Å². The first-order valence-electron chi connectivity index (χ1n) is 11.9. The average molecular weight is 448 g/mol. The molecule has 0 saturated carbocycles. The Morgan fingerprint density at radius 3 is 2.76 bits per heavy atom. The molecule has 7 heteroatoms. The maximum Gasteiger partial charge on any atom is 0.252 e. The van der Waals surface area contributed by atoms with Gasteiger partial charge in [0.2, 0.25) is 5.91 Å². The molecule has 174 valence electrons. The highest BCUT2D eigenvalue weighted by molar-refractivity contribution is 6.06. The van der Waals surface area contributed by atoms with E-state index in [2.05, 4.69) is 17.3 Å². The van der Waals surface area contributed by atoms with Crippen LogP contribution in [0, 0.1) is 12.8 Å². The predicted molar refractivity (Wildman–Crippen MR) is 130 cm³/mol. The molecule has 1 atom stereocenters. The molecule has 4 rings (SSSR count). The van der Waals surface area contributed by atoms with Gasteiger partial charge in [0.1, 0.15) is 0 Å². The normalized spacial score (nSPS) is 16.4. The van der Waals surface area contributed by atoms with Crippen molar-refractivity contribution in [2.75, 3.05) is 19.6 Å². The van der Waals surface area contributed by atoms with E-state index in [1.807, 2.05) is 60.7 Å². The largest absolute Gasteiger partial charge is 0.351 e. The molecule has 1 aromatic carbocycles. The zero-order valence-electron chi connectivity index (χ0n) is 20.0. The molecule has 0 radical (unpaired) electrons. The van der Waals surface area contributed by atoms with E-state index < -0.39 is 0 Å². The van der Waals surface area contributed by atoms with E-state index in [1.54, 1.807) is 6.20 Å². The molecule has 3 aromatic rings. The van der Waals surface area contributed by atoms with Crippen LogP contribution in [0.4, 0.5) is 0 Å². The van der Waals surface area contributed by atoms with Gasteiger partial charge in [-0.2, -0.15) is 5.10 Å². The smallest absolute Gasteiger partial charge is 0.252 e. The van der Waals surface area contributed by atoms with Gasteiger partial charge in [-0.15, -0.1) is 0 Å². The number of aryl methyl sites for hydroxylation is 1. The highest BCUT2D eigenvalue weighted by Crippen LogP contribution is 2.28. The third-order valence-corrected chi connectivity index (χ3v) is 6.36. The van der Waals surface area contributed by atoms with Crippen LogP contribution in [-0.4, -0.2) is 51.1 Å². The Morgan fingerprint density at radius 1 is 1.24 bits per heavy atom. The molecule has 0 bridgehead atoms. The lowest BCUT2D eigenvalue weighted by atomic mass is 10.00. The molecule has 1 aliphatic heterocycles. The minimum atomic E-state index is -0.208. The maximum absolute atomic E-state index is 13.2. The van der Waals surface area contributed by atoms with E-state index >= 15 is 0 Å². The van der Waals surface area contributed by atoms with Crippen molar-refractivity contribution in [2.24, 2.45) is 5.92 Å². The third kappa shape index (κ3) is 4.92. The quantitative estimate of drug-likeness (QED) is 0.609. The number of carbonyl (C=O) groups is 2. The summed E-state index contributed by atoms with van der Waals surface area (Å²) in [7, 11) is 0. The number of piperidine rings is 1. The van der Waals surface area contributed by atoms with Gasteiger partial charge in [-0.1, -0.05) is 31.2 Å². The van der Waals surface area contributed by atoms with E-state index in [0.717, 1.165) is 41.7 Å². The van der Waals surface area contributed by atoms with Crippen molar-refractivity contribution in [1.29, 1.82) is 0 Å². The molecule has 7 nitrogen and oxygen atoms in total. The number of pyridine rings is 1. The van der Waals surface area contributed by atoms with Gasteiger partial charge >= 0.3 is 0 Å². The summed E-state index contributed by atoms with van der Waals surface area (Å²) >= 11 is 0. The second kappa shape index (κ2) is 9.73. The maximum atomic E-state index is 13.2. The van der Waals surface area contributed by atoms with Crippen LogP contribution >= 0.6 is 0 Å². The number of likely N-dealkylation sites (tertiary alicyclic amines) is 1. The summed E-state index contributed by atoms with van der Waals surface area (Å²) in [5.41, 5.74) is 4.04. The SMILES string of the molecule is Cc1ccccc1-c1cc(C(=O)NCCC(=O)N2CCCC(C)C2)c2cnn(C(C)C)c2n1. The van der Waals surface area contributed by atoms with Crippen LogP contribution in [0.15, 0.2) is 36.5 Å². The molecule has 1 unspecified atom stereocenters.